The van der Waals surface area contributed by atoms with Crippen LogP contribution in [0.15, 0.2) is 30.5 Å². The van der Waals surface area contributed by atoms with Gasteiger partial charge < -0.3 is 14.7 Å². The molecule has 0 unspecified atom stereocenters. The molecule has 2 atom stereocenters. The van der Waals surface area contributed by atoms with Gasteiger partial charge in [-0.3, -0.25) is 9.59 Å². The molecule has 1 aromatic heterocycles. The van der Waals surface area contributed by atoms with E-state index in [-0.39, 0.29) is 18.4 Å². The number of benzene rings is 1. The van der Waals surface area contributed by atoms with E-state index >= 15 is 0 Å². The van der Waals surface area contributed by atoms with Crippen molar-refractivity contribution in [2.24, 2.45) is 11.3 Å². The lowest BCUT2D eigenvalue weighted by Crippen LogP contribution is -2.45. The zero-order valence-electron chi connectivity index (χ0n) is 13.9. The summed E-state index contributed by atoms with van der Waals surface area (Å²) in [5.74, 6) is -1.75. The normalized spacial score (nSPS) is 25.1. The summed E-state index contributed by atoms with van der Waals surface area (Å²) in [5.41, 5.74) is -0.588. The standard InChI is InChI=1S/C18H17FN2O4S/c19-13-4-2-1-3-12(13)15-20-7-14(26-15)16(22)21-8-11-9-25-6-5-18(11,10-21)17(23)24/h1-4,7,11H,5-6,8-10H2,(H,23,24)/t11-,18+/m0/s1. The van der Waals surface area contributed by atoms with Crippen LogP contribution in [0.5, 0.6) is 0 Å². The van der Waals surface area contributed by atoms with E-state index in [4.69, 9.17) is 4.74 Å². The average Bonchev–Trinajstić information content (AvgIpc) is 3.27. The fraction of sp³-hybridized carbons (Fsp3) is 0.389. The summed E-state index contributed by atoms with van der Waals surface area (Å²) in [6.07, 6.45) is 1.83. The number of nitrogens with zero attached hydrogens (tertiary/aromatic N) is 2. The van der Waals surface area contributed by atoms with E-state index in [1.807, 2.05) is 0 Å². The van der Waals surface area contributed by atoms with Gasteiger partial charge in [0.15, 0.2) is 0 Å². The number of thiazole rings is 1. The second kappa shape index (κ2) is 6.44. The van der Waals surface area contributed by atoms with Crippen molar-refractivity contribution in [3.63, 3.8) is 0 Å². The number of fused-ring (bicyclic) bond motifs is 1. The third-order valence-corrected chi connectivity index (χ3v) is 6.26. The topological polar surface area (TPSA) is 79.7 Å². The Morgan fingerprint density at radius 2 is 2.19 bits per heavy atom. The Bertz CT molecular complexity index is 870. The molecule has 0 bridgehead atoms. The summed E-state index contributed by atoms with van der Waals surface area (Å²) in [7, 11) is 0. The zero-order valence-corrected chi connectivity index (χ0v) is 14.7. The number of likely N-dealkylation sites (tertiary alicyclic amines) is 1. The molecule has 3 heterocycles. The van der Waals surface area contributed by atoms with Gasteiger partial charge in [0.1, 0.15) is 15.7 Å². The summed E-state index contributed by atoms with van der Waals surface area (Å²) >= 11 is 1.11. The first-order valence-electron chi connectivity index (χ1n) is 8.32. The van der Waals surface area contributed by atoms with Crippen molar-refractivity contribution < 1.29 is 23.8 Å². The Morgan fingerprint density at radius 1 is 1.38 bits per heavy atom. The highest BCUT2D eigenvalue weighted by Crippen LogP contribution is 2.43. The molecule has 0 spiro atoms. The van der Waals surface area contributed by atoms with Gasteiger partial charge in [-0.1, -0.05) is 12.1 Å². The predicted octanol–water partition coefficient (Wildman–Crippen LogP) is 2.51. The fourth-order valence-corrected chi connectivity index (χ4v) is 4.65. The first-order valence-corrected chi connectivity index (χ1v) is 9.14. The number of ether oxygens (including phenoxy) is 1. The second-order valence-corrected chi connectivity index (χ2v) is 7.71. The van der Waals surface area contributed by atoms with Crippen molar-refractivity contribution in [2.45, 2.75) is 6.42 Å². The molecule has 2 aromatic rings. The predicted molar refractivity (Wildman–Crippen MR) is 92.4 cm³/mol. The minimum absolute atomic E-state index is 0.169. The Labute approximate surface area is 153 Å². The van der Waals surface area contributed by atoms with Crippen molar-refractivity contribution in [3.05, 3.63) is 41.2 Å². The maximum Gasteiger partial charge on any atom is 0.311 e. The summed E-state index contributed by atoms with van der Waals surface area (Å²) in [6.45, 7) is 1.25. The van der Waals surface area contributed by atoms with Crippen molar-refractivity contribution in [1.29, 1.82) is 0 Å². The van der Waals surface area contributed by atoms with E-state index in [0.29, 0.717) is 41.6 Å². The quantitative estimate of drug-likeness (QED) is 0.890. The van der Waals surface area contributed by atoms with Gasteiger partial charge in [0.2, 0.25) is 0 Å². The molecule has 2 aliphatic rings. The molecule has 26 heavy (non-hydrogen) atoms. The highest BCUT2D eigenvalue weighted by molar-refractivity contribution is 7.16. The largest absolute Gasteiger partial charge is 0.481 e. The lowest BCUT2D eigenvalue weighted by Gasteiger charge is -2.33. The van der Waals surface area contributed by atoms with Gasteiger partial charge in [0.25, 0.3) is 5.91 Å². The van der Waals surface area contributed by atoms with Gasteiger partial charge in [-0.05, 0) is 18.6 Å². The summed E-state index contributed by atoms with van der Waals surface area (Å²) in [5, 5.41) is 10.1. The van der Waals surface area contributed by atoms with Crippen LogP contribution in [0.3, 0.4) is 0 Å². The molecule has 0 saturated carbocycles. The number of rotatable bonds is 3. The lowest BCUT2D eigenvalue weighted by atomic mass is 9.74. The molecule has 6 nitrogen and oxygen atoms in total. The highest BCUT2D eigenvalue weighted by Gasteiger charge is 2.55. The number of halogens is 1. The molecule has 1 amide bonds. The number of hydrogen-bond donors (Lipinski definition) is 1. The van der Waals surface area contributed by atoms with Crippen LogP contribution in [0.25, 0.3) is 10.6 Å². The molecule has 8 heteroatoms. The van der Waals surface area contributed by atoms with E-state index in [1.54, 1.807) is 23.1 Å². The van der Waals surface area contributed by atoms with Crippen molar-refractivity contribution in [2.75, 3.05) is 26.3 Å². The Morgan fingerprint density at radius 3 is 2.92 bits per heavy atom. The van der Waals surface area contributed by atoms with Crippen LogP contribution in [0.4, 0.5) is 4.39 Å². The lowest BCUT2D eigenvalue weighted by molar-refractivity contribution is -0.157. The van der Waals surface area contributed by atoms with Crippen LogP contribution in [-0.2, 0) is 9.53 Å². The molecule has 0 aliphatic carbocycles. The summed E-state index contributed by atoms with van der Waals surface area (Å²) in [4.78, 5) is 30.8. The number of hydrogen-bond acceptors (Lipinski definition) is 5. The molecule has 1 N–H and O–H groups in total. The van der Waals surface area contributed by atoms with E-state index in [0.717, 1.165) is 11.3 Å². The smallest absolute Gasteiger partial charge is 0.311 e. The molecule has 2 saturated heterocycles. The van der Waals surface area contributed by atoms with Crippen molar-refractivity contribution in [3.8, 4) is 10.6 Å². The number of carboxylic acid groups (broad SMARTS) is 1. The first kappa shape index (κ1) is 17.1. The third kappa shape index (κ3) is 2.69. The minimum Gasteiger partial charge on any atom is -0.481 e. The van der Waals surface area contributed by atoms with Crippen LogP contribution in [-0.4, -0.2) is 53.2 Å². The van der Waals surface area contributed by atoms with Gasteiger partial charge >= 0.3 is 5.97 Å². The van der Waals surface area contributed by atoms with Crippen molar-refractivity contribution in [1.82, 2.24) is 9.88 Å². The molecule has 2 fully saturated rings. The maximum atomic E-state index is 13.9. The van der Waals surface area contributed by atoms with Gasteiger partial charge in [-0.2, -0.15) is 0 Å². The molecule has 0 radical (unpaired) electrons. The molecule has 4 rings (SSSR count). The highest BCUT2D eigenvalue weighted by atomic mass is 32.1. The summed E-state index contributed by atoms with van der Waals surface area (Å²) < 4.78 is 19.3. The van der Waals surface area contributed by atoms with Gasteiger partial charge in [0, 0.05) is 31.2 Å². The number of amides is 1. The van der Waals surface area contributed by atoms with Crippen LogP contribution < -0.4 is 0 Å². The van der Waals surface area contributed by atoms with Crippen LogP contribution in [0, 0.1) is 17.2 Å². The molecule has 1 aromatic carbocycles. The van der Waals surface area contributed by atoms with Gasteiger partial charge in [0.05, 0.1) is 18.2 Å². The van der Waals surface area contributed by atoms with Crippen molar-refractivity contribution >= 4 is 23.2 Å². The van der Waals surface area contributed by atoms with E-state index in [2.05, 4.69) is 4.98 Å². The monoisotopic (exact) mass is 376 g/mol. The maximum absolute atomic E-state index is 13.9. The SMILES string of the molecule is O=C(c1cnc(-c2ccccc2F)s1)N1C[C@H]2COCC[C@@]2(C(=O)O)C1. The average molecular weight is 376 g/mol. The Balaban J connectivity index is 1.58. The van der Waals surface area contributed by atoms with Crippen LogP contribution in [0.2, 0.25) is 0 Å². The number of carboxylic acids is 1. The Hall–Kier alpha value is -2.32. The number of aromatic nitrogens is 1. The molecule has 2 aliphatic heterocycles. The number of carbonyl (C=O) groups excluding carboxylic acids is 1. The molecule has 136 valence electrons. The summed E-state index contributed by atoms with van der Waals surface area (Å²) in [6, 6.07) is 6.27. The number of carbonyl (C=O) groups is 2. The van der Waals surface area contributed by atoms with Crippen LogP contribution >= 0.6 is 11.3 Å². The van der Waals surface area contributed by atoms with Gasteiger partial charge in [-0.25, -0.2) is 9.37 Å². The first-order chi connectivity index (χ1) is 12.5. The van der Waals surface area contributed by atoms with E-state index in [9.17, 15) is 19.1 Å². The second-order valence-electron chi connectivity index (χ2n) is 6.68. The minimum atomic E-state index is -0.938. The Kier molecular flexibility index (Phi) is 4.24. The van der Waals surface area contributed by atoms with Crippen LogP contribution in [0.1, 0.15) is 16.1 Å². The van der Waals surface area contributed by atoms with Gasteiger partial charge in [-0.15, -0.1) is 11.3 Å². The van der Waals surface area contributed by atoms with E-state index < -0.39 is 17.2 Å². The third-order valence-electron chi connectivity index (χ3n) is 5.24. The number of aliphatic carboxylic acids is 1. The molecular formula is C18H17FN2O4S. The zero-order chi connectivity index (χ0) is 18.3. The van der Waals surface area contributed by atoms with E-state index in [1.165, 1.54) is 12.3 Å². The molecular weight excluding hydrogens is 359 g/mol. The fourth-order valence-electron chi connectivity index (χ4n) is 3.74.